The second kappa shape index (κ2) is 13.5. The van der Waals surface area contributed by atoms with E-state index < -0.39 is 23.9 Å². The van der Waals surface area contributed by atoms with Gasteiger partial charge in [-0.05, 0) is 25.5 Å². The molecule has 1 amide bonds. The number of aliphatic hydroxyl groups excluding tert-OH is 1. The van der Waals surface area contributed by atoms with Gasteiger partial charge in [-0.15, -0.1) is 11.8 Å². The number of hydrogen-bond acceptors (Lipinski definition) is 6. The molecule has 6 nitrogen and oxygen atoms in total. The number of hydrogen-bond donors (Lipinski definition) is 1. The van der Waals surface area contributed by atoms with E-state index in [4.69, 9.17) is 0 Å². The van der Waals surface area contributed by atoms with Crippen LogP contribution in [0.4, 0.5) is 13.2 Å². The third kappa shape index (κ3) is 8.41. The Bertz CT molecular complexity index is 900. The van der Waals surface area contributed by atoms with Gasteiger partial charge < -0.3 is 5.11 Å². The first-order valence-corrected chi connectivity index (χ1v) is 12.1. The molecule has 34 heavy (non-hydrogen) atoms. The van der Waals surface area contributed by atoms with E-state index in [0.717, 1.165) is 36.4 Å². The van der Waals surface area contributed by atoms with Crippen molar-refractivity contribution in [2.75, 3.05) is 31.3 Å². The number of aliphatic imine (C=N–C) groups is 2. The van der Waals surface area contributed by atoms with Crippen LogP contribution in [0.15, 0.2) is 70.4 Å². The van der Waals surface area contributed by atoms with Crippen LogP contribution in [0.5, 0.6) is 0 Å². The summed E-state index contributed by atoms with van der Waals surface area (Å²) >= 11 is 1.79. The van der Waals surface area contributed by atoms with Crippen molar-refractivity contribution in [3.8, 4) is 0 Å². The zero-order chi connectivity index (χ0) is 25.1. The quantitative estimate of drug-likeness (QED) is 0.345. The maximum atomic E-state index is 13.1. The maximum absolute atomic E-state index is 13.1. The van der Waals surface area contributed by atoms with E-state index in [-0.39, 0.29) is 18.9 Å². The molecule has 2 unspecified atom stereocenters. The van der Waals surface area contributed by atoms with Crippen molar-refractivity contribution in [2.45, 2.75) is 38.6 Å². The molecule has 0 bridgehead atoms. The summed E-state index contributed by atoms with van der Waals surface area (Å²) in [4.78, 5) is 25.1. The molecule has 10 heteroatoms. The number of β-amino-alcohol motifs (C(OH)–C–C–N with tert-alkyl or cyclic N) is 1. The van der Waals surface area contributed by atoms with Crippen LogP contribution in [0.1, 0.15) is 20.3 Å². The molecular weight excluding hydrogens is 465 g/mol. The first-order chi connectivity index (χ1) is 16.2. The number of allylic oxidation sites excluding steroid dienone is 6. The number of carbonyl (C=O) groups is 1. The number of aliphatic hydroxyl groups is 1. The van der Waals surface area contributed by atoms with Gasteiger partial charge in [-0.1, -0.05) is 37.0 Å². The van der Waals surface area contributed by atoms with Crippen molar-refractivity contribution < 1.29 is 23.1 Å². The summed E-state index contributed by atoms with van der Waals surface area (Å²) < 4.78 is 39.4. The molecule has 2 atom stereocenters. The summed E-state index contributed by atoms with van der Waals surface area (Å²) in [5.41, 5.74) is -0.227. The van der Waals surface area contributed by atoms with Gasteiger partial charge in [-0.25, -0.2) is 0 Å². The van der Waals surface area contributed by atoms with Gasteiger partial charge in [0.25, 0.3) is 5.91 Å². The van der Waals surface area contributed by atoms with E-state index in [1.807, 2.05) is 6.92 Å². The highest BCUT2D eigenvalue weighted by atomic mass is 32.2. The molecule has 0 spiro atoms. The Morgan fingerprint density at radius 2 is 2.18 bits per heavy atom. The molecule has 2 rings (SSSR count). The maximum Gasteiger partial charge on any atom is 0.416 e. The summed E-state index contributed by atoms with van der Waals surface area (Å²) in [5, 5.41) is 10.5. The van der Waals surface area contributed by atoms with E-state index >= 15 is 0 Å². The van der Waals surface area contributed by atoms with Crippen molar-refractivity contribution in [1.29, 1.82) is 0 Å². The Morgan fingerprint density at radius 3 is 2.79 bits per heavy atom. The lowest BCUT2D eigenvalue weighted by molar-refractivity contribution is -0.127. The van der Waals surface area contributed by atoms with Crippen LogP contribution in [0.2, 0.25) is 0 Å². The first-order valence-electron chi connectivity index (χ1n) is 10.9. The molecule has 0 aromatic carbocycles. The Labute approximate surface area is 203 Å². The fourth-order valence-corrected chi connectivity index (χ4v) is 4.46. The van der Waals surface area contributed by atoms with E-state index in [0.29, 0.717) is 18.0 Å². The lowest BCUT2D eigenvalue weighted by Crippen LogP contribution is -2.38. The normalized spacial score (nSPS) is 22.1. The van der Waals surface area contributed by atoms with Crippen LogP contribution in [-0.2, 0) is 4.79 Å². The second-order valence-electron chi connectivity index (χ2n) is 7.81. The van der Waals surface area contributed by atoms with Crippen molar-refractivity contribution in [3.05, 3.63) is 60.4 Å². The predicted molar refractivity (Wildman–Crippen MR) is 133 cm³/mol. The van der Waals surface area contributed by atoms with E-state index in [1.54, 1.807) is 43.3 Å². The highest BCUT2D eigenvalue weighted by molar-refractivity contribution is 7.99. The Kier molecular flexibility index (Phi) is 11.0. The summed E-state index contributed by atoms with van der Waals surface area (Å²) in [6, 6.07) is -0.796. The van der Waals surface area contributed by atoms with Gasteiger partial charge >= 0.3 is 6.18 Å². The van der Waals surface area contributed by atoms with E-state index in [9.17, 15) is 23.1 Å². The van der Waals surface area contributed by atoms with Crippen LogP contribution in [0.25, 0.3) is 0 Å². The summed E-state index contributed by atoms with van der Waals surface area (Å²) in [5.74, 6) is 1.86. The molecule has 2 aliphatic heterocycles. The average molecular weight is 497 g/mol. The summed E-state index contributed by atoms with van der Waals surface area (Å²) in [6.07, 6.45) is 5.62. The minimum Gasteiger partial charge on any atom is -0.392 e. The molecule has 0 saturated carbocycles. The smallest absolute Gasteiger partial charge is 0.392 e. The lowest BCUT2D eigenvalue weighted by atomic mass is 10.1. The largest absolute Gasteiger partial charge is 0.416 e. The molecule has 2 heterocycles. The highest BCUT2D eigenvalue weighted by Gasteiger charge is 2.36. The topological polar surface area (TPSA) is 68.5 Å². The van der Waals surface area contributed by atoms with Crippen LogP contribution in [0, 0.1) is 0 Å². The van der Waals surface area contributed by atoms with Crippen molar-refractivity contribution in [3.63, 3.8) is 0 Å². The predicted octanol–water partition coefficient (Wildman–Crippen LogP) is 4.13. The number of amidine groups is 1. The molecule has 186 valence electrons. The standard InChI is InChI=1S/C24H31F3N4O2S/c1-4-7-19(24(25,26)27)8-6-12-31-22(18(3)9-11-28-10-5-2)29-21(23(31)33)15-20(32)16-30-13-14-34-17-30/h4-11,20-21,32H,1,12-17H2,2-3H3/b8-6-,10-5+,18-9+,19-7+,28-11+. The molecule has 0 aromatic rings. The van der Waals surface area contributed by atoms with Gasteiger partial charge in [-0.3, -0.25) is 24.6 Å². The Hall–Kier alpha value is -2.43. The van der Waals surface area contributed by atoms with Crippen LogP contribution < -0.4 is 0 Å². The number of halogens is 3. The fraction of sp³-hybridized carbons (Fsp3) is 0.458. The molecule has 1 fully saturated rings. The first kappa shape index (κ1) is 27.8. The van der Waals surface area contributed by atoms with Gasteiger partial charge in [0, 0.05) is 50.1 Å². The zero-order valence-corrected chi connectivity index (χ0v) is 20.2. The summed E-state index contributed by atoms with van der Waals surface area (Å²) in [7, 11) is 0. The minimum absolute atomic E-state index is 0.0885. The third-order valence-electron chi connectivity index (χ3n) is 5.08. The number of amides is 1. The Balaban J connectivity index is 2.20. The minimum atomic E-state index is -4.53. The SMILES string of the molecule is C=C/C=C(\C=C/CN1C(=O)C(CC(O)CN2CCSC2)N=C1/C(C)=C/C=N/C=C/C)C(F)(F)F. The van der Waals surface area contributed by atoms with Crippen LogP contribution >= 0.6 is 11.8 Å². The monoisotopic (exact) mass is 496 g/mol. The molecule has 1 N–H and O–H groups in total. The van der Waals surface area contributed by atoms with Gasteiger partial charge in [0.1, 0.15) is 11.9 Å². The van der Waals surface area contributed by atoms with Gasteiger partial charge in [0.05, 0.1) is 11.7 Å². The number of alkyl halides is 3. The molecule has 2 aliphatic rings. The Morgan fingerprint density at radius 1 is 1.41 bits per heavy atom. The highest BCUT2D eigenvalue weighted by Crippen LogP contribution is 2.27. The number of nitrogens with zero attached hydrogens (tertiary/aromatic N) is 4. The second-order valence-corrected chi connectivity index (χ2v) is 8.88. The molecular formula is C24H31F3N4O2S. The molecule has 0 aromatic heterocycles. The average Bonchev–Trinajstić information content (AvgIpc) is 3.38. The van der Waals surface area contributed by atoms with Crippen LogP contribution in [0.3, 0.4) is 0 Å². The fourth-order valence-electron chi connectivity index (χ4n) is 3.45. The molecule has 0 aliphatic carbocycles. The van der Waals surface area contributed by atoms with Crippen molar-refractivity contribution in [2.24, 2.45) is 9.98 Å². The molecule has 1 saturated heterocycles. The van der Waals surface area contributed by atoms with Gasteiger partial charge in [0.2, 0.25) is 0 Å². The molecule has 0 radical (unpaired) electrons. The van der Waals surface area contributed by atoms with Crippen molar-refractivity contribution >= 4 is 29.7 Å². The van der Waals surface area contributed by atoms with E-state index in [1.165, 1.54) is 11.0 Å². The number of carbonyl (C=O) groups excluding carboxylic acids is 1. The van der Waals surface area contributed by atoms with Crippen LogP contribution in [-0.4, -0.2) is 82.4 Å². The lowest BCUT2D eigenvalue weighted by Gasteiger charge is -2.21. The number of thioether (sulfide) groups is 1. The zero-order valence-electron chi connectivity index (χ0n) is 19.4. The number of rotatable bonds is 11. The van der Waals surface area contributed by atoms with Gasteiger partial charge in [0.15, 0.2) is 0 Å². The van der Waals surface area contributed by atoms with Gasteiger partial charge in [-0.2, -0.15) is 13.2 Å². The van der Waals surface area contributed by atoms with Crippen molar-refractivity contribution in [1.82, 2.24) is 9.80 Å². The summed E-state index contributed by atoms with van der Waals surface area (Å²) in [6.45, 7) is 8.15. The van der Waals surface area contributed by atoms with E-state index in [2.05, 4.69) is 21.5 Å². The third-order valence-corrected chi connectivity index (χ3v) is 6.10.